The molecule has 7 nitrogen and oxygen atoms in total. The Morgan fingerprint density at radius 2 is 1.89 bits per heavy atom. The summed E-state index contributed by atoms with van der Waals surface area (Å²) < 4.78 is 0. The first-order chi connectivity index (χ1) is 8.99. The van der Waals surface area contributed by atoms with E-state index in [0.29, 0.717) is 12.8 Å². The highest BCUT2D eigenvalue weighted by Crippen LogP contribution is 2.34. The minimum Gasteiger partial charge on any atom is -0.481 e. The molecule has 0 aromatic rings. The fourth-order valence-corrected chi connectivity index (χ4v) is 2.19. The summed E-state index contributed by atoms with van der Waals surface area (Å²) in [5.74, 6) is -1.13. The van der Waals surface area contributed by atoms with Crippen LogP contribution in [0.5, 0.6) is 0 Å². The highest BCUT2D eigenvalue weighted by Gasteiger charge is 2.40. The molecule has 0 aromatic carbocycles. The Morgan fingerprint density at radius 3 is 2.37 bits per heavy atom. The van der Waals surface area contributed by atoms with Crippen molar-refractivity contribution in [1.82, 2.24) is 16.0 Å². The molecule has 3 amide bonds. The molecule has 0 unspecified atom stereocenters. The van der Waals surface area contributed by atoms with Crippen LogP contribution >= 0.6 is 0 Å². The quantitative estimate of drug-likeness (QED) is 0.542. The average molecular weight is 269 g/mol. The summed E-state index contributed by atoms with van der Waals surface area (Å²) in [6.07, 6.45) is 4.17. The van der Waals surface area contributed by atoms with E-state index in [1.54, 1.807) is 0 Å². The Hall–Kier alpha value is -1.79. The van der Waals surface area contributed by atoms with Crippen molar-refractivity contribution in [2.45, 2.75) is 50.1 Å². The SMILES string of the molecule is O=C(O)CC1(NC(=O)NCC(=O)NC2CC2)CCC1. The number of nitrogens with one attached hydrogen (secondary N) is 3. The Bertz CT molecular complexity index is 388. The molecule has 2 rings (SSSR count). The van der Waals surface area contributed by atoms with E-state index in [1.807, 2.05) is 0 Å². The summed E-state index contributed by atoms with van der Waals surface area (Å²) in [4.78, 5) is 33.8. The average Bonchev–Trinajstić information content (AvgIpc) is 3.06. The molecule has 0 bridgehead atoms. The van der Waals surface area contributed by atoms with Gasteiger partial charge in [0.1, 0.15) is 0 Å². The molecule has 2 aliphatic rings. The molecule has 0 saturated heterocycles. The van der Waals surface area contributed by atoms with E-state index in [2.05, 4.69) is 16.0 Å². The number of aliphatic carboxylic acids is 1. The number of hydrogen-bond acceptors (Lipinski definition) is 3. The highest BCUT2D eigenvalue weighted by atomic mass is 16.4. The van der Waals surface area contributed by atoms with Crippen LogP contribution in [-0.2, 0) is 9.59 Å². The molecule has 7 heteroatoms. The number of carboxylic acids is 1. The smallest absolute Gasteiger partial charge is 0.315 e. The standard InChI is InChI=1S/C12H19N3O4/c16-9(14-8-2-3-8)7-13-11(19)15-12(4-1-5-12)6-10(17)18/h8H,1-7H2,(H,14,16)(H,17,18)(H2,13,15,19). The summed E-state index contributed by atoms with van der Waals surface area (Å²) in [7, 11) is 0. The van der Waals surface area contributed by atoms with Gasteiger partial charge in [0.25, 0.3) is 0 Å². The second kappa shape index (κ2) is 5.46. The molecule has 2 saturated carbocycles. The van der Waals surface area contributed by atoms with Crippen molar-refractivity contribution >= 4 is 17.9 Å². The van der Waals surface area contributed by atoms with Crippen molar-refractivity contribution in [2.75, 3.05) is 6.54 Å². The van der Waals surface area contributed by atoms with Crippen LogP contribution in [0.4, 0.5) is 4.79 Å². The van der Waals surface area contributed by atoms with Crippen LogP contribution in [0.15, 0.2) is 0 Å². The zero-order valence-corrected chi connectivity index (χ0v) is 10.7. The Morgan fingerprint density at radius 1 is 1.21 bits per heavy atom. The predicted octanol–water partition coefficient (Wildman–Crippen LogP) is -0.0384. The van der Waals surface area contributed by atoms with Crippen molar-refractivity contribution in [3.05, 3.63) is 0 Å². The number of carbonyl (C=O) groups is 3. The summed E-state index contributed by atoms with van der Waals surface area (Å²) in [5.41, 5.74) is -0.636. The number of hydrogen-bond donors (Lipinski definition) is 4. The van der Waals surface area contributed by atoms with Gasteiger partial charge in [0.15, 0.2) is 0 Å². The lowest BCUT2D eigenvalue weighted by molar-refractivity contribution is -0.139. The van der Waals surface area contributed by atoms with E-state index < -0.39 is 17.5 Å². The fourth-order valence-electron chi connectivity index (χ4n) is 2.19. The van der Waals surface area contributed by atoms with Gasteiger partial charge in [0.05, 0.1) is 18.5 Å². The molecule has 0 aliphatic heterocycles. The topological polar surface area (TPSA) is 108 Å². The van der Waals surface area contributed by atoms with Crippen molar-refractivity contribution in [1.29, 1.82) is 0 Å². The monoisotopic (exact) mass is 269 g/mol. The first-order valence-electron chi connectivity index (χ1n) is 6.56. The van der Waals surface area contributed by atoms with E-state index >= 15 is 0 Å². The van der Waals surface area contributed by atoms with Gasteiger partial charge < -0.3 is 21.1 Å². The van der Waals surface area contributed by atoms with Crippen LogP contribution in [0.2, 0.25) is 0 Å². The third kappa shape index (κ3) is 4.11. The Balaban J connectivity index is 1.70. The van der Waals surface area contributed by atoms with Crippen LogP contribution in [0.3, 0.4) is 0 Å². The third-order valence-electron chi connectivity index (χ3n) is 3.53. The lowest BCUT2D eigenvalue weighted by atomic mass is 9.74. The van der Waals surface area contributed by atoms with E-state index in [1.165, 1.54) is 0 Å². The second-order valence-corrected chi connectivity index (χ2v) is 5.35. The van der Waals surface area contributed by atoms with Gasteiger partial charge in [-0.05, 0) is 32.1 Å². The van der Waals surface area contributed by atoms with Crippen LogP contribution < -0.4 is 16.0 Å². The third-order valence-corrected chi connectivity index (χ3v) is 3.53. The molecule has 106 valence electrons. The lowest BCUT2D eigenvalue weighted by Gasteiger charge is -2.41. The largest absolute Gasteiger partial charge is 0.481 e. The van der Waals surface area contributed by atoms with Crippen molar-refractivity contribution in [2.24, 2.45) is 0 Å². The molecule has 0 atom stereocenters. The van der Waals surface area contributed by atoms with E-state index in [4.69, 9.17) is 5.11 Å². The molecule has 0 aromatic heterocycles. The minimum atomic E-state index is -0.925. The summed E-state index contributed by atoms with van der Waals surface area (Å²) in [6, 6.07) is -0.214. The van der Waals surface area contributed by atoms with E-state index in [0.717, 1.165) is 19.3 Å². The zero-order valence-electron chi connectivity index (χ0n) is 10.7. The molecular formula is C12H19N3O4. The maximum atomic E-state index is 11.6. The van der Waals surface area contributed by atoms with Crippen LogP contribution in [-0.4, -0.2) is 41.1 Å². The van der Waals surface area contributed by atoms with Gasteiger partial charge in [-0.15, -0.1) is 0 Å². The molecule has 2 fully saturated rings. The van der Waals surface area contributed by atoms with Gasteiger partial charge in [-0.2, -0.15) is 0 Å². The van der Waals surface area contributed by atoms with Gasteiger partial charge in [0.2, 0.25) is 5.91 Å². The van der Waals surface area contributed by atoms with Gasteiger partial charge in [-0.25, -0.2) is 4.79 Å². The fraction of sp³-hybridized carbons (Fsp3) is 0.750. The first kappa shape index (κ1) is 13.6. The number of rotatable bonds is 6. The van der Waals surface area contributed by atoms with E-state index in [9.17, 15) is 14.4 Å². The van der Waals surface area contributed by atoms with Crippen LogP contribution in [0.25, 0.3) is 0 Å². The first-order valence-corrected chi connectivity index (χ1v) is 6.56. The Kier molecular flexibility index (Phi) is 3.92. The van der Waals surface area contributed by atoms with Gasteiger partial charge >= 0.3 is 12.0 Å². The summed E-state index contributed by atoms with van der Waals surface area (Å²) in [5, 5.41) is 16.7. The van der Waals surface area contributed by atoms with Crippen molar-refractivity contribution in [3.63, 3.8) is 0 Å². The normalized spacial score (nSPS) is 20.0. The van der Waals surface area contributed by atoms with Crippen LogP contribution in [0.1, 0.15) is 38.5 Å². The zero-order chi connectivity index (χ0) is 13.9. The van der Waals surface area contributed by atoms with Crippen LogP contribution in [0, 0.1) is 0 Å². The van der Waals surface area contributed by atoms with Gasteiger partial charge in [0, 0.05) is 6.04 Å². The molecule has 0 spiro atoms. The molecule has 4 N–H and O–H groups in total. The maximum Gasteiger partial charge on any atom is 0.315 e. The van der Waals surface area contributed by atoms with Crippen molar-refractivity contribution < 1.29 is 19.5 Å². The highest BCUT2D eigenvalue weighted by molar-refractivity contribution is 5.84. The molecule has 0 radical (unpaired) electrons. The minimum absolute atomic E-state index is 0.0747. The summed E-state index contributed by atoms with van der Waals surface area (Å²) in [6.45, 7) is -0.0779. The van der Waals surface area contributed by atoms with E-state index in [-0.39, 0.29) is 24.9 Å². The molecule has 2 aliphatic carbocycles. The second-order valence-electron chi connectivity index (χ2n) is 5.35. The number of urea groups is 1. The van der Waals surface area contributed by atoms with Gasteiger partial charge in [-0.1, -0.05) is 0 Å². The predicted molar refractivity (Wildman–Crippen MR) is 66.5 cm³/mol. The Labute approximate surface area is 111 Å². The lowest BCUT2D eigenvalue weighted by Crippen LogP contribution is -2.58. The number of carbonyl (C=O) groups excluding carboxylic acids is 2. The van der Waals surface area contributed by atoms with Crippen molar-refractivity contribution in [3.8, 4) is 0 Å². The summed E-state index contributed by atoms with van der Waals surface area (Å²) >= 11 is 0. The number of carboxylic acid groups (broad SMARTS) is 1. The molecular weight excluding hydrogens is 250 g/mol. The molecule has 19 heavy (non-hydrogen) atoms. The molecule has 0 heterocycles. The maximum absolute atomic E-state index is 11.6. The van der Waals surface area contributed by atoms with Gasteiger partial charge in [-0.3, -0.25) is 9.59 Å². The number of amides is 3.